The van der Waals surface area contributed by atoms with Gasteiger partial charge in [0.2, 0.25) is 17.1 Å². The first-order valence-electron chi connectivity index (χ1n) is 3.58. The number of furan rings is 1. The second-order valence-corrected chi connectivity index (χ2v) is 3.51. The Balaban J connectivity index is 2.51. The maximum absolute atomic E-state index is 5.61. The largest absolute Gasteiger partial charge is 0.446 e. The second-order valence-electron chi connectivity index (χ2n) is 2.39. The highest BCUT2D eigenvalue weighted by Gasteiger charge is 2.08. The molecule has 0 saturated heterocycles. The van der Waals surface area contributed by atoms with Gasteiger partial charge in [0.25, 0.3) is 0 Å². The number of nitrogens with zero attached hydrogens (tertiary/aromatic N) is 3. The van der Waals surface area contributed by atoms with Gasteiger partial charge in [0.05, 0.1) is 0 Å². The summed E-state index contributed by atoms with van der Waals surface area (Å²) < 4.78 is 5.81. The van der Waals surface area contributed by atoms with Crippen LogP contribution in [0.2, 0.25) is 5.28 Å². The molecule has 0 atom stereocenters. The van der Waals surface area contributed by atoms with Crippen molar-refractivity contribution in [2.24, 2.45) is 0 Å². The fraction of sp³-hybridized carbons (Fsp3) is 0. The topological polar surface area (TPSA) is 77.8 Å². The molecular weight excluding hydrogens is 271 g/mol. The van der Waals surface area contributed by atoms with Gasteiger partial charge in [-0.05, 0) is 39.7 Å². The minimum absolute atomic E-state index is 0.0417. The van der Waals surface area contributed by atoms with Gasteiger partial charge in [-0.2, -0.15) is 15.0 Å². The van der Waals surface area contributed by atoms with Crippen molar-refractivity contribution in [3.63, 3.8) is 0 Å². The Hall–Kier alpha value is -1.14. The summed E-state index contributed by atoms with van der Waals surface area (Å²) in [5, 5.41) is 0.0417. The highest BCUT2D eigenvalue weighted by Crippen LogP contribution is 2.22. The standard InChI is InChI=1S/C7H4BrClN4O/c8-4-2-1-3(14-4)5-11-6(9)13-7(10)12-5/h1-2H,(H2,10,11,12,13). The lowest BCUT2D eigenvalue weighted by molar-refractivity contribution is 0.551. The molecule has 0 bridgehead atoms. The summed E-state index contributed by atoms with van der Waals surface area (Å²) >= 11 is 8.78. The number of nitrogens with two attached hydrogens (primary N) is 1. The van der Waals surface area contributed by atoms with Gasteiger partial charge in [-0.25, -0.2) is 0 Å². The molecule has 0 aromatic carbocycles. The quantitative estimate of drug-likeness (QED) is 0.862. The van der Waals surface area contributed by atoms with Crippen molar-refractivity contribution >= 4 is 33.5 Å². The molecule has 0 amide bonds. The van der Waals surface area contributed by atoms with Crippen LogP contribution in [0.25, 0.3) is 11.6 Å². The van der Waals surface area contributed by atoms with Gasteiger partial charge in [0.15, 0.2) is 10.4 Å². The number of nitrogen functional groups attached to an aromatic ring is 1. The molecule has 5 nitrogen and oxygen atoms in total. The molecule has 2 N–H and O–H groups in total. The lowest BCUT2D eigenvalue weighted by Crippen LogP contribution is -1.99. The molecule has 14 heavy (non-hydrogen) atoms. The molecule has 7 heteroatoms. The van der Waals surface area contributed by atoms with Gasteiger partial charge >= 0.3 is 0 Å². The molecule has 0 unspecified atom stereocenters. The summed E-state index contributed by atoms with van der Waals surface area (Å²) in [6, 6.07) is 3.43. The van der Waals surface area contributed by atoms with Gasteiger partial charge in [0, 0.05) is 0 Å². The van der Waals surface area contributed by atoms with Crippen LogP contribution in [0, 0.1) is 0 Å². The minimum Gasteiger partial charge on any atom is -0.446 e. The van der Waals surface area contributed by atoms with E-state index >= 15 is 0 Å². The molecule has 0 aliphatic carbocycles. The van der Waals surface area contributed by atoms with Crippen LogP contribution < -0.4 is 5.73 Å². The summed E-state index contributed by atoms with van der Waals surface area (Å²) in [6.45, 7) is 0. The van der Waals surface area contributed by atoms with Gasteiger partial charge in [-0.3, -0.25) is 0 Å². The highest BCUT2D eigenvalue weighted by molar-refractivity contribution is 9.10. The summed E-state index contributed by atoms with van der Waals surface area (Å²) in [5.74, 6) is 0.855. The van der Waals surface area contributed by atoms with Crippen LogP contribution in [0.4, 0.5) is 5.95 Å². The van der Waals surface area contributed by atoms with Gasteiger partial charge in [0.1, 0.15) is 0 Å². The molecule has 0 radical (unpaired) electrons. The first-order valence-corrected chi connectivity index (χ1v) is 4.75. The smallest absolute Gasteiger partial charge is 0.227 e. The van der Waals surface area contributed by atoms with E-state index in [1.54, 1.807) is 12.1 Å². The predicted molar refractivity (Wildman–Crippen MR) is 54.7 cm³/mol. The van der Waals surface area contributed by atoms with Crippen LogP contribution in [0.1, 0.15) is 0 Å². The van der Waals surface area contributed by atoms with Crippen molar-refractivity contribution in [2.75, 3.05) is 5.73 Å². The van der Waals surface area contributed by atoms with Crippen LogP contribution in [-0.2, 0) is 0 Å². The Morgan fingerprint density at radius 2 is 2.07 bits per heavy atom. The van der Waals surface area contributed by atoms with Crippen LogP contribution in [-0.4, -0.2) is 15.0 Å². The van der Waals surface area contributed by atoms with Crippen molar-refractivity contribution in [3.05, 3.63) is 22.1 Å². The summed E-state index contributed by atoms with van der Waals surface area (Å²) in [6.07, 6.45) is 0. The molecule has 0 spiro atoms. The van der Waals surface area contributed by atoms with Crippen molar-refractivity contribution in [3.8, 4) is 11.6 Å². The van der Waals surface area contributed by atoms with Crippen LogP contribution >= 0.6 is 27.5 Å². The normalized spacial score (nSPS) is 10.4. The first kappa shape index (κ1) is 9.42. The van der Waals surface area contributed by atoms with E-state index in [1.165, 1.54) is 0 Å². The highest BCUT2D eigenvalue weighted by atomic mass is 79.9. The molecule has 0 saturated carbocycles. The fourth-order valence-corrected chi connectivity index (χ4v) is 1.38. The zero-order chi connectivity index (χ0) is 10.1. The summed E-state index contributed by atoms with van der Waals surface area (Å²) in [7, 11) is 0. The van der Waals surface area contributed by atoms with Gasteiger partial charge < -0.3 is 10.2 Å². The third-order valence-electron chi connectivity index (χ3n) is 1.42. The summed E-state index contributed by atoms with van der Waals surface area (Å²) in [5.41, 5.74) is 5.40. The molecule has 72 valence electrons. The Labute approximate surface area is 92.5 Å². The number of aromatic nitrogens is 3. The van der Waals surface area contributed by atoms with Crippen molar-refractivity contribution < 1.29 is 4.42 Å². The molecule has 2 rings (SSSR count). The maximum Gasteiger partial charge on any atom is 0.227 e. The Kier molecular flexibility index (Phi) is 2.39. The number of anilines is 1. The van der Waals surface area contributed by atoms with Crippen molar-refractivity contribution in [1.29, 1.82) is 0 Å². The molecule has 2 heterocycles. The van der Waals surface area contributed by atoms with Crippen molar-refractivity contribution in [1.82, 2.24) is 15.0 Å². The number of hydrogen-bond donors (Lipinski definition) is 1. The van der Waals surface area contributed by atoms with E-state index in [1.807, 2.05) is 0 Å². The van der Waals surface area contributed by atoms with E-state index in [4.69, 9.17) is 21.8 Å². The number of hydrogen-bond acceptors (Lipinski definition) is 5. The van der Waals surface area contributed by atoms with Gasteiger partial charge in [-0.15, -0.1) is 0 Å². The lowest BCUT2D eigenvalue weighted by atomic mass is 10.4. The zero-order valence-corrected chi connectivity index (χ0v) is 9.08. The van der Waals surface area contributed by atoms with E-state index in [-0.39, 0.29) is 11.2 Å². The lowest BCUT2D eigenvalue weighted by Gasteiger charge is -1.96. The second kappa shape index (κ2) is 3.55. The van der Waals surface area contributed by atoms with E-state index in [2.05, 4.69) is 30.9 Å². The molecule has 2 aromatic rings. The van der Waals surface area contributed by atoms with Crippen LogP contribution in [0.15, 0.2) is 21.2 Å². The third kappa shape index (κ3) is 1.85. The van der Waals surface area contributed by atoms with E-state index in [0.29, 0.717) is 16.3 Å². The van der Waals surface area contributed by atoms with E-state index in [9.17, 15) is 0 Å². The zero-order valence-electron chi connectivity index (χ0n) is 6.74. The Bertz CT molecular complexity index is 452. The molecule has 0 aliphatic rings. The predicted octanol–water partition coefficient (Wildman–Crippen LogP) is 2.13. The molecule has 2 aromatic heterocycles. The maximum atomic E-state index is 5.61. The van der Waals surface area contributed by atoms with Gasteiger partial charge in [-0.1, -0.05) is 0 Å². The monoisotopic (exact) mass is 274 g/mol. The van der Waals surface area contributed by atoms with E-state index < -0.39 is 0 Å². The Morgan fingerprint density at radius 3 is 2.64 bits per heavy atom. The average molecular weight is 275 g/mol. The molecule has 0 fully saturated rings. The van der Waals surface area contributed by atoms with E-state index in [0.717, 1.165) is 0 Å². The number of halogens is 2. The summed E-state index contributed by atoms with van der Waals surface area (Å²) in [4.78, 5) is 11.4. The first-order chi connectivity index (χ1) is 6.65. The van der Waals surface area contributed by atoms with Crippen molar-refractivity contribution in [2.45, 2.75) is 0 Å². The Morgan fingerprint density at radius 1 is 1.29 bits per heavy atom. The van der Waals surface area contributed by atoms with Crippen LogP contribution in [0.3, 0.4) is 0 Å². The number of rotatable bonds is 1. The molecule has 0 aliphatic heterocycles. The molecular formula is C7H4BrClN4O. The SMILES string of the molecule is Nc1nc(Cl)nc(-c2ccc(Br)o2)n1. The third-order valence-corrected chi connectivity index (χ3v) is 2.01. The average Bonchev–Trinajstić information content (AvgIpc) is 2.50. The van der Waals surface area contributed by atoms with Crippen LogP contribution in [0.5, 0.6) is 0 Å². The minimum atomic E-state index is 0.0417. The fourth-order valence-electron chi connectivity index (χ4n) is 0.910.